The van der Waals surface area contributed by atoms with Crippen LogP contribution in [0.4, 0.5) is 0 Å². The van der Waals surface area contributed by atoms with Crippen molar-refractivity contribution in [3.63, 3.8) is 0 Å². The molecule has 0 aromatic rings. The van der Waals surface area contributed by atoms with E-state index in [1.807, 2.05) is 0 Å². The van der Waals surface area contributed by atoms with E-state index in [1.165, 1.54) is 14.2 Å². The predicted molar refractivity (Wildman–Crippen MR) is 51.6 cm³/mol. The largest absolute Gasteiger partial charge is 0.466 e. The molecule has 16 heavy (non-hydrogen) atoms. The highest BCUT2D eigenvalue weighted by Crippen LogP contribution is 2.22. The van der Waals surface area contributed by atoms with Crippen molar-refractivity contribution < 1.29 is 33.3 Å². The van der Waals surface area contributed by atoms with E-state index in [0.717, 1.165) is 21.3 Å². The average Bonchev–Trinajstić information content (AvgIpc) is 2.34. The lowest BCUT2D eigenvalue weighted by Crippen LogP contribution is -2.59. The molecule has 0 unspecified atom stereocenters. The summed E-state index contributed by atoms with van der Waals surface area (Å²) in [5.74, 6) is -1.92. The third-order valence-electron chi connectivity index (χ3n) is 2.06. The third kappa shape index (κ3) is 2.31. The number of ether oxygens (including phenoxy) is 5. The van der Waals surface area contributed by atoms with Crippen molar-refractivity contribution in [2.24, 2.45) is 0 Å². The van der Waals surface area contributed by atoms with Crippen LogP contribution in [0, 0.1) is 0 Å². The van der Waals surface area contributed by atoms with Crippen LogP contribution < -0.4 is 0 Å². The van der Waals surface area contributed by atoms with Crippen LogP contribution in [0.5, 0.6) is 0 Å². The first kappa shape index (κ1) is 14.8. The second kappa shape index (κ2) is 6.41. The minimum atomic E-state index is -2.09. The quantitative estimate of drug-likeness (QED) is 0.344. The summed E-state index contributed by atoms with van der Waals surface area (Å²) in [6, 6.07) is 0. The van der Waals surface area contributed by atoms with Crippen molar-refractivity contribution in [2.45, 2.75) is 11.9 Å². The molecule has 0 atom stereocenters. The summed E-state index contributed by atoms with van der Waals surface area (Å²) < 4.78 is 23.6. The van der Waals surface area contributed by atoms with Gasteiger partial charge in [-0.3, -0.25) is 0 Å². The first-order chi connectivity index (χ1) is 7.54. The zero-order chi connectivity index (χ0) is 12.8. The van der Waals surface area contributed by atoms with Gasteiger partial charge in [0.1, 0.15) is 0 Å². The molecule has 7 nitrogen and oxygen atoms in total. The van der Waals surface area contributed by atoms with Crippen molar-refractivity contribution in [1.82, 2.24) is 0 Å². The normalized spacial score (nSPS) is 11.4. The Morgan fingerprint density at radius 1 is 0.875 bits per heavy atom. The van der Waals surface area contributed by atoms with Gasteiger partial charge in [-0.15, -0.1) is 0 Å². The van der Waals surface area contributed by atoms with E-state index in [4.69, 9.17) is 14.2 Å². The minimum absolute atomic E-state index is 0.962. The van der Waals surface area contributed by atoms with Crippen LogP contribution in [-0.2, 0) is 33.3 Å². The van der Waals surface area contributed by atoms with Gasteiger partial charge in [0.2, 0.25) is 6.29 Å². The highest BCUT2D eigenvalue weighted by atomic mass is 16.7. The van der Waals surface area contributed by atoms with Gasteiger partial charge < -0.3 is 23.7 Å². The van der Waals surface area contributed by atoms with E-state index in [2.05, 4.69) is 9.47 Å². The van der Waals surface area contributed by atoms with Gasteiger partial charge in [-0.1, -0.05) is 0 Å². The lowest BCUT2D eigenvalue weighted by molar-refractivity contribution is -0.240. The molecule has 0 aliphatic carbocycles. The van der Waals surface area contributed by atoms with Gasteiger partial charge in [0.15, 0.2) is 0 Å². The molecule has 0 radical (unpaired) electrons. The lowest BCUT2D eigenvalue weighted by Gasteiger charge is -2.31. The summed E-state index contributed by atoms with van der Waals surface area (Å²) >= 11 is 0. The summed E-state index contributed by atoms with van der Waals surface area (Å²) in [4.78, 5) is 23.2. The molecular weight excluding hydrogens is 220 g/mol. The molecule has 0 bridgehead atoms. The Hall–Kier alpha value is -1.18. The Bertz CT molecular complexity index is 230. The number of esters is 2. The van der Waals surface area contributed by atoms with E-state index in [9.17, 15) is 9.59 Å². The van der Waals surface area contributed by atoms with E-state index in [-0.39, 0.29) is 0 Å². The Morgan fingerprint density at radius 3 is 1.44 bits per heavy atom. The van der Waals surface area contributed by atoms with Crippen LogP contribution in [0.2, 0.25) is 0 Å². The number of methoxy groups -OCH3 is 5. The van der Waals surface area contributed by atoms with Gasteiger partial charge >= 0.3 is 17.5 Å². The smallest absolute Gasteiger partial charge is 0.355 e. The van der Waals surface area contributed by atoms with Crippen molar-refractivity contribution in [3.8, 4) is 0 Å². The second-order valence-electron chi connectivity index (χ2n) is 2.73. The molecule has 0 saturated heterocycles. The molecule has 0 heterocycles. The van der Waals surface area contributed by atoms with Gasteiger partial charge in [-0.2, -0.15) is 0 Å². The number of rotatable bonds is 6. The Balaban J connectivity index is 5.43. The zero-order valence-electron chi connectivity index (χ0n) is 9.94. The summed E-state index contributed by atoms with van der Waals surface area (Å²) in [5.41, 5.74) is -2.09. The fraction of sp³-hybridized carbons (Fsp3) is 0.778. The number of carbonyl (C=O) groups is 2. The molecule has 0 aliphatic rings. The maximum Gasteiger partial charge on any atom is 0.355 e. The Kier molecular flexibility index (Phi) is 5.94. The Morgan fingerprint density at radius 2 is 1.25 bits per heavy atom. The van der Waals surface area contributed by atoms with Crippen LogP contribution in [0.25, 0.3) is 0 Å². The summed E-state index contributed by atoms with van der Waals surface area (Å²) in [7, 11) is 5.89. The molecule has 0 fully saturated rings. The maximum atomic E-state index is 11.6. The van der Waals surface area contributed by atoms with Crippen molar-refractivity contribution in [2.75, 3.05) is 35.5 Å². The summed E-state index contributed by atoms with van der Waals surface area (Å²) in [6.07, 6.45) is -1.27. The molecular formula is C9H16O7. The molecule has 0 amide bonds. The van der Waals surface area contributed by atoms with Crippen LogP contribution in [0.15, 0.2) is 0 Å². The molecule has 0 aliphatic heterocycles. The van der Waals surface area contributed by atoms with E-state index in [0.29, 0.717) is 0 Å². The van der Waals surface area contributed by atoms with Crippen LogP contribution in [0.3, 0.4) is 0 Å². The van der Waals surface area contributed by atoms with Crippen LogP contribution in [-0.4, -0.2) is 59.4 Å². The summed E-state index contributed by atoms with van der Waals surface area (Å²) in [6.45, 7) is 0. The average molecular weight is 236 g/mol. The fourth-order valence-electron chi connectivity index (χ4n) is 1.27. The molecule has 7 heteroatoms. The van der Waals surface area contributed by atoms with Crippen molar-refractivity contribution in [3.05, 3.63) is 0 Å². The van der Waals surface area contributed by atoms with Gasteiger partial charge in [0, 0.05) is 21.3 Å². The Labute approximate surface area is 93.5 Å². The predicted octanol–water partition coefficient (Wildman–Crippen LogP) is -0.663. The fourth-order valence-corrected chi connectivity index (χ4v) is 1.27. The van der Waals surface area contributed by atoms with Crippen LogP contribution in [0.1, 0.15) is 0 Å². The van der Waals surface area contributed by atoms with Gasteiger partial charge in [0.05, 0.1) is 14.2 Å². The summed E-state index contributed by atoms with van der Waals surface area (Å²) in [5, 5.41) is 0. The molecule has 0 aromatic carbocycles. The number of carbonyl (C=O) groups excluding carboxylic acids is 2. The minimum Gasteiger partial charge on any atom is -0.466 e. The zero-order valence-corrected chi connectivity index (χ0v) is 9.94. The molecule has 0 saturated carbocycles. The van der Waals surface area contributed by atoms with E-state index in [1.54, 1.807) is 0 Å². The van der Waals surface area contributed by atoms with Crippen molar-refractivity contribution >= 4 is 11.9 Å². The standard InChI is InChI=1S/C9H16O7/c1-12-6(10)9(16-5,7(11)13-2)8(14-3)15-4/h8H,1-5H3. The molecule has 0 spiro atoms. The van der Waals surface area contributed by atoms with Gasteiger partial charge in [0.25, 0.3) is 0 Å². The van der Waals surface area contributed by atoms with E-state index < -0.39 is 23.8 Å². The first-order valence-corrected chi connectivity index (χ1v) is 4.32. The van der Waals surface area contributed by atoms with Gasteiger partial charge in [-0.25, -0.2) is 9.59 Å². The molecule has 0 rings (SSSR count). The topological polar surface area (TPSA) is 80.3 Å². The highest BCUT2D eigenvalue weighted by Gasteiger charge is 2.57. The van der Waals surface area contributed by atoms with Gasteiger partial charge in [-0.05, 0) is 0 Å². The number of hydrogen-bond acceptors (Lipinski definition) is 7. The number of hydrogen-bond donors (Lipinski definition) is 0. The molecule has 94 valence electrons. The SMILES string of the molecule is COC(=O)C(OC)(C(=O)OC)C(OC)OC. The van der Waals surface area contributed by atoms with Crippen LogP contribution >= 0.6 is 0 Å². The maximum absolute atomic E-state index is 11.6. The second-order valence-corrected chi connectivity index (χ2v) is 2.73. The molecule has 0 N–H and O–H groups in total. The van der Waals surface area contributed by atoms with Crippen molar-refractivity contribution in [1.29, 1.82) is 0 Å². The van der Waals surface area contributed by atoms with E-state index >= 15 is 0 Å². The molecule has 0 aromatic heterocycles. The third-order valence-corrected chi connectivity index (χ3v) is 2.06. The monoisotopic (exact) mass is 236 g/mol. The highest BCUT2D eigenvalue weighted by molar-refractivity contribution is 6.04. The lowest BCUT2D eigenvalue weighted by atomic mass is 10.0. The first-order valence-electron chi connectivity index (χ1n) is 4.32.